The highest BCUT2D eigenvalue weighted by Gasteiger charge is 2.27. The molecule has 1 heterocycles. The van der Waals surface area contributed by atoms with E-state index < -0.39 is 6.04 Å². The number of carbonyl (C=O) groups is 1. The third-order valence-electron chi connectivity index (χ3n) is 3.42. The van der Waals surface area contributed by atoms with E-state index in [1.165, 1.54) is 7.11 Å². The first-order chi connectivity index (χ1) is 9.45. The largest absolute Gasteiger partial charge is 0.467 e. The number of hydrogen-bond donors (Lipinski definition) is 1. The van der Waals surface area contributed by atoms with E-state index in [-0.39, 0.29) is 5.97 Å². The molecule has 2 aromatic rings. The van der Waals surface area contributed by atoms with Crippen LogP contribution < -0.4 is 5.73 Å². The Labute approximate surface area is 118 Å². The number of hydrogen-bond acceptors (Lipinski definition) is 4. The summed E-state index contributed by atoms with van der Waals surface area (Å²) in [5, 5.41) is 0. The van der Waals surface area contributed by atoms with E-state index in [0.29, 0.717) is 18.3 Å². The molecule has 1 atom stereocenters. The standard InChI is InChI=1S/C15H21N3O2/c1-9(2)8-12(14(19)20-4)18-13-10(3)6-5-7-11(13)17-15(18)16/h5-7,9,12H,8H2,1-4H3,(H2,16,17). The molecule has 0 saturated heterocycles. The maximum Gasteiger partial charge on any atom is 0.328 e. The summed E-state index contributed by atoms with van der Waals surface area (Å²) in [4.78, 5) is 16.5. The van der Waals surface area contributed by atoms with Crippen molar-refractivity contribution in [2.24, 2.45) is 5.92 Å². The number of aromatic nitrogens is 2. The normalized spacial score (nSPS) is 12.8. The van der Waals surface area contributed by atoms with Crippen molar-refractivity contribution in [2.75, 3.05) is 12.8 Å². The third kappa shape index (κ3) is 2.48. The van der Waals surface area contributed by atoms with E-state index in [2.05, 4.69) is 18.8 Å². The summed E-state index contributed by atoms with van der Waals surface area (Å²) >= 11 is 0. The second-order valence-electron chi connectivity index (χ2n) is 5.45. The zero-order chi connectivity index (χ0) is 14.9. The molecule has 20 heavy (non-hydrogen) atoms. The highest BCUT2D eigenvalue weighted by Crippen LogP contribution is 2.29. The molecule has 0 aliphatic heterocycles. The Balaban J connectivity index is 2.63. The molecule has 0 saturated carbocycles. The van der Waals surface area contributed by atoms with Crippen LogP contribution in [0.5, 0.6) is 0 Å². The molecule has 108 valence electrons. The summed E-state index contributed by atoms with van der Waals surface area (Å²) in [6, 6.07) is 5.39. The number of aryl methyl sites for hydroxylation is 1. The van der Waals surface area contributed by atoms with Gasteiger partial charge in [0, 0.05) is 0 Å². The van der Waals surface area contributed by atoms with Gasteiger partial charge in [-0.2, -0.15) is 0 Å². The van der Waals surface area contributed by atoms with E-state index >= 15 is 0 Å². The summed E-state index contributed by atoms with van der Waals surface area (Å²) in [6.45, 7) is 6.12. The Bertz CT molecular complexity index is 631. The van der Waals surface area contributed by atoms with E-state index in [9.17, 15) is 4.79 Å². The van der Waals surface area contributed by atoms with Crippen molar-refractivity contribution < 1.29 is 9.53 Å². The first-order valence-electron chi connectivity index (χ1n) is 6.76. The third-order valence-corrected chi connectivity index (χ3v) is 3.42. The lowest BCUT2D eigenvalue weighted by molar-refractivity contribution is -0.145. The van der Waals surface area contributed by atoms with Gasteiger partial charge in [0.15, 0.2) is 0 Å². The molecule has 0 aliphatic rings. The molecule has 5 nitrogen and oxygen atoms in total. The molecule has 1 aromatic carbocycles. The van der Waals surface area contributed by atoms with Gasteiger partial charge in [-0.3, -0.25) is 4.57 Å². The fourth-order valence-corrected chi connectivity index (χ4v) is 2.54. The Morgan fingerprint density at radius 1 is 1.45 bits per heavy atom. The van der Waals surface area contributed by atoms with Gasteiger partial charge >= 0.3 is 5.97 Å². The molecule has 2 N–H and O–H groups in total. The van der Waals surface area contributed by atoms with Gasteiger partial charge in [-0.1, -0.05) is 26.0 Å². The van der Waals surface area contributed by atoms with Crippen molar-refractivity contribution in [3.05, 3.63) is 23.8 Å². The van der Waals surface area contributed by atoms with Gasteiger partial charge < -0.3 is 10.5 Å². The number of fused-ring (bicyclic) bond motifs is 1. The second-order valence-corrected chi connectivity index (χ2v) is 5.45. The highest BCUT2D eigenvalue weighted by molar-refractivity contribution is 5.85. The fourth-order valence-electron chi connectivity index (χ4n) is 2.54. The van der Waals surface area contributed by atoms with Crippen LogP contribution in [0, 0.1) is 12.8 Å². The smallest absolute Gasteiger partial charge is 0.328 e. The average molecular weight is 275 g/mol. The van der Waals surface area contributed by atoms with E-state index in [1.807, 2.05) is 25.1 Å². The number of ether oxygens (including phenoxy) is 1. The molecule has 0 fully saturated rings. The van der Waals surface area contributed by atoms with Gasteiger partial charge in [-0.15, -0.1) is 0 Å². The number of nitrogens with two attached hydrogens (primary N) is 1. The Kier molecular flexibility index (Phi) is 3.97. The van der Waals surface area contributed by atoms with E-state index in [0.717, 1.165) is 16.6 Å². The Morgan fingerprint density at radius 2 is 2.15 bits per heavy atom. The van der Waals surface area contributed by atoms with Crippen LogP contribution in [0.15, 0.2) is 18.2 Å². The van der Waals surface area contributed by atoms with Crippen LogP contribution in [-0.4, -0.2) is 22.6 Å². The number of esters is 1. The minimum absolute atomic E-state index is 0.284. The fraction of sp³-hybridized carbons (Fsp3) is 0.467. The van der Waals surface area contributed by atoms with Crippen LogP contribution in [-0.2, 0) is 9.53 Å². The average Bonchev–Trinajstić information content (AvgIpc) is 2.72. The molecule has 5 heteroatoms. The predicted octanol–water partition coefficient (Wildman–Crippen LogP) is 2.69. The number of methoxy groups -OCH3 is 1. The summed E-state index contributed by atoms with van der Waals surface area (Å²) < 4.78 is 6.74. The van der Waals surface area contributed by atoms with Gasteiger partial charge in [-0.25, -0.2) is 9.78 Å². The molecular weight excluding hydrogens is 254 g/mol. The molecule has 2 rings (SSSR count). The first kappa shape index (κ1) is 14.4. The van der Waals surface area contributed by atoms with Crippen LogP contribution >= 0.6 is 0 Å². The van der Waals surface area contributed by atoms with Crippen LogP contribution in [0.25, 0.3) is 11.0 Å². The van der Waals surface area contributed by atoms with Crippen molar-refractivity contribution >= 4 is 23.0 Å². The minimum atomic E-state index is -0.439. The molecule has 0 radical (unpaired) electrons. The van der Waals surface area contributed by atoms with Crippen LogP contribution in [0.3, 0.4) is 0 Å². The molecule has 0 amide bonds. The quantitative estimate of drug-likeness (QED) is 0.871. The summed E-state index contributed by atoms with van der Waals surface area (Å²) in [5.41, 5.74) is 8.79. The number of rotatable bonds is 4. The van der Waals surface area contributed by atoms with Crippen molar-refractivity contribution in [3.63, 3.8) is 0 Å². The lowest BCUT2D eigenvalue weighted by Gasteiger charge is -2.20. The zero-order valence-electron chi connectivity index (χ0n) is 12.4. The number of para-hydroxylation sites is 1. The van der Waals surface area contributed by atoms with Crippen molar-refractivity contribution in [1.29, 1.82) is 0 Å². The number of benzene rings is 1. The summed E-state index contributed by atoms with van der Waals surface area (Å²) in [6.07, 6.45) is 0.663. The monoisotopic (exact) mass is 275 g/mol. The van der Waals surface area contributed by atoms with Gasteiger partial charge in [0.1, 0.15) is 6.04 Å². The van der Waals surface area contributed by atoms with Gasteiger partial charge in [0.05, 0.1) is 18.1 Å². The van der Waals surface area contributed by atoms with Crippen molar-refractivity contribution in [1.82, 2.24) is 9.55 Å². The number of carbonyl (C=O) groups excluding carboxylic acids is 1. The molecule has 0 bridgehead atoms. The SMILES string of the molecule is COC(=O)C(CC(C)C)n1c(N)nc2cccc(C)c21. The lowest BCUT2D eigenvalue weighted by Crippen LogP contribution is -2.24. The van der Waals surface area contributed by atoms with Gasteiger partial charge in [0.2, 0.25) is 5.95 Å². The van der Waals surface area contributed by atoms with E-state index in [4.69, 9.17) is 10.5 Å². The Morgan fingerprint density at radius 3 is 2.75 bits per heavy atom. The number of nitrogen functional groups attached to an aromatic ring is 1. The van der Waals surface area contributed by atoms with Crippen LogP contribution in [0.2, 0.25) is 0 Å². The summed E-state index contributed by atoms with van der Waals surface area (Å²) in [7, 11) is 1.40. The Hall–Kier alpha value is -2.04. The molecular formula is C15H21N3O2. The second kappa shape index (κ2) is 5.53. The van der Waals surface area contributed by atoms with Crippen LogP contribution in [0.4, 0.5) is 5.95 Å². The molecule has 1 aromatic heterocycles. The van der Waals surface area contributed by atoms with E-state index in [1.54, 1.807) is 4.57 Å². The molecule has 0 spiro atoms. The number of anilines is 1. The van der Waals surface area contributed by atoms with Crippen molar-refractivity contribution in [3.8, 4) is 0 Å². The predicted molar refractivity (Wildman–Crippen MR) is 79.4 cm³/mol. The molecule has 1 unspecified atom stereocenters. The van der Waals surface area contributed by atoms with Gasteiger partial charge in [0.25, 0.3) is 0 Å². The first-order valence-corrected chi connectivity index (χ1v) is 6.76. The van der Waals surface area contributed by atoms with Crippen LogP contribution in [0.1, 0.15) is 31.9 Å². The van der Waals surface area contributed by atoms with Crippen molar-refractivity contribution in [2.45, 2.75) is 33.2 Å². The minimum Gasteiger partial charge on any atom is -0.467 e. The summed E-state index contributed by atoms with van der Waals surface area (Å²) in [5.74, 6) is 0.415. The topological polar surface area (TPSA) is 70.1 Å². The number of nitrogens with zero attached hydrogens (tertiary/aromatic N) is 2. The highest BCUT2D eigenvalue weighted by atomic mass is 16.5. The molecule has 0 aliphatic carbocycles. The van der Waals surface area contributed by atoms with Gasteiger partial charge in [-0.05, 0) is 30.9 Å². The maximum atomic E-state index is 12.1. The zero-order valence-corrected chi connectivity index (χ0v) is 12.4. The lowest BCUT2D eigenvalue weighted by atomic mass is 10.0. The number of imidazole rings is 1. The maximum absolute atomic E-state index is 12.1.